The highest BCUT2D eigenvalue weighted by atomic mass is 32.2. The first-order valence-electron chi connectivity index (χ1n) is 8.29. The average Bonchev–Trinajstić information content (AvgIpc) is 2.69. The predicted octanol–water partition coefficient (Wildman–Crippen LogP) is 3.61. The van der Waals surface area contributed by atoms with E-state index in [1.54, 1.807) is 66.7 Å². The number of carbonyl (C=O) groups excluding carboxylic acids is 1. The van der Waals surface area contributed by atoms with Crippen LogP contribution >= 0.6 is 12.2 Å². The SMILES string of the molecule is O=C(NC(=S)Nc1ccc(S(=O)(=O)Nc2ccccc2)cc1)c1ccccc1. The molecule has 0 bridgehead atoms. The molecule has 28 heavy (non-hydrogen) atoms. The van der Waals surface area contributed by atoms with Crippen molar-refractivity contribution in [3.8, 4) is 0 Å². The van der Waals surface area contributed by atoms with Crippen LogP contribution in [0.5, 0.6) is 0 Å². The number of para-hydroxylation sites is 1. The third-order valence-electron chi connectivity index (χ3n) is 3.71. The molecule has 0 aromatic heterocycles. The van der Waals surface area contributed by atoms with Gasteiger partial charge in [0.2, 0.25) is 0 Å². The molecular weight excluding hydrogens is 394 g/mol. The summed E-state index contributed by atoms with van der Waals surface area (Å²) in [5.74, 6) is -0.329. The number of nitrogens with one attached hydrogen (secondary N) is 3. The third kappa shape index (κ3) is 5.15. The first-order chi connectivity index (χ1) is 13.4. The van der Waals surface area contributed by atoms with Crippen molar-refractivity contribution in [3.05, 3.63) is 90.5 Å². The molecule has 0 atom stereocenters. The number of hydrogen-bond donors (Lipinski definition) is 3. The number of sulfonamides is 1. The summed E-state index contributed by atoms with van der Waals surface area (Å²) in [5, 5.41) is 5.55. The molecule has 0 fully saturated rings. The van der Waals surface area contributed by atoms with Gasteiger partial charge in [-0.1, -0.05) is 36.4 Å². The first-order valence-corrected chi connectivity index (χ1v) is 10.2. The van der Waals surface area contributed by atoms with Gasteiger partial charge < -0.3 is 5.32 Å². The van der Waals surface area contributed by atoms with E-state index in [0.717, 1.165) is 0 Å². The van der Waals surface area contributed by atoms with Gasteiger partial charge in [-0.25, -0.2) is 8.42 Å². The van der Waals surface area contributed by atoms with E-state index in [9.17, 15) is 13.2 Å². The zero-order valence-corrected chi connectivity index (χ0v) is 16.3. The molecule has 6 nitrogen and oxygen atoms in total. The molecule has 3 aromatic rings. The Bertz CT molecular complexity index is 1070. The van der Waals surface area contributed by atoms with Gasteiger partial charge >= 0.3 is 0 Å². The minimum atomic E-state index is -3.69. The van der Waals surface area contributed by atoms with Crippen molar-refractivity contribution in [1.29, 1.82) is 0 Å². The number of benzene rings is 3. The van der Waals surface area contributed by atoms with Crippen LogP contribution in [-0.4, -0.2) is 19.4 Å². The van der Waals surface area contributed by atoms with Gasteiger partial charge in [-0.2, -0.15) is 0 Å². The summed E-state index contributed by atoms with van der Waals surface area (Å²) in [6.07, 6.45) is 0. The summed E-state index contributed by atoms with van der Waals surface area (Å²) in [4.78, 5) is 12.2. The lowest BCUT2D eigenvalue weighted by molar-refractivity contribution is 0.0977. The van der Waals surface area contributed by atoms with Crippen molar-refractivity contribution in [2.24, 2.45) is 0 Å². The third-order valence-corrected chi connectivity index (χ3v) is 5.31. The van der Waals surface area contributed by atoms with Crippen LogP contribution < -0.4 is 15.4 Å². The zero-order valence-electron chi connectivity index (χ0n) is 14.6. The normalized spacial score (nSPS) is 10.7. The number of hydrogen-bond acceptors (Lipinski definition) is 4. The van der Waals surface area contributed by atoms with Crippen molar-refractivity contribution in [1.82, 2.24) is 5.32 Å². The quantitative estimate of drug-likeness (QED) is 0.558. The number of amides is 1. The molecule has 3 aromatic carbocycles. The molecule has 3 N–H and O–H groups in total. The largest absolute Gasteiger partial charge is 0.332 e. The topological polar surface area (TPSA) is 87.3 Å². The van der Waals surface area contributed by atoms with Gasteiger partial charge in [-0.05, 0) is 60.7 Å². The molecule has 0 saturated carbocycles. The summed E-state index contributed by atoms with van der Waals surface area (Å²) in [6, 6.07) is 23.4. The minimum Gasteiger partial charge on any atom is -0.332 e. The Balaban J connectivity index is 1.62. The van der Waals surface area contributed by atoms with Crippen LogP contribution in [0.3, 0.4) is 0 Å². The summed E-state index contributed by atoms with van der Waals surface area (Å²) in [7, 11) is -3.69. The van der Waals surface area contributed by atoms with E-state index >= 15 is 0 Å². The van der Waals surface area contributed by atoms with Gasteiger partial charge in [0.25, 0.3) is 15.9 Å². The van der Waals surface area contributed by atoms with Gasteiger partial charge in [-0.15, -0.1) is 0 Å². The Kier molecular flexibility index (Phi) is 6.03. The summed E-state index contributed by atoms with van der Waals surface area (Å²) >= 11 is 5.13. The Morgan fingerprint density at radius 1 is 0.750 bits per heavy atom. The van der Waals surface area contributed by atoms with Crippen LogP contribution in [-0.2, 0) is 10.0 Å². The zero-order chi connectivity index (χ0) is 20.0. The van der Waals surface area contributed by atoms with Crippen LogP contribution in [0.25, 0.3) is 0 Å². The monoisotopic (exact) mass is 411 g/mol. The van der Waals surface area contributed by atoms with Crippen LogP contribution in [0.4, 0.5) is 11.4 Å². The van der Waals surface area contributed by atoms with Crippen molar-refractivity contribution >= 4 is 44.6 Å². The summed E-state index contributed by atoms with van der Waals surface area (Å²) in [5.41, 5.74) is 1.52. The van der Waals surface area contributed by atoms with Crippen molar-refractivity contribution < 1.29 is 13.2 Å². The van der Waals surface area contributed by atoms with Crippen molar-refractivity contribution in [2.45, 2.75) is 4.90 Å². The van der Waals surface area contributed by atoms with E-state index in [-0.39, 0.29) is 15.9 Å². The molecule has 0 aliphatic heterocycles. The highest BCUT2D eigenvalue weighted by molar-refractivity contribution is 7.92. The Morgan fingerprint density at radius 2 is 1.32 bits per heavy atom. The minimum absolute atomic E-state index is 0.112. The lowest BCUT2D eigenvalue weighted by Crippen LogP contribution is -2.34. The molecule has 0 aliphatic carbocycles. The average molecular weight is 412 g/mol. The fourth-order valence-corrected chi connectivity index (χ4v) is 3.63. The maximum absolute atomic E-state index is 12.4. The van der Waals surface area contributed by atoms with E-state index in [1.807, 2.05) is 6.07 Å². The molecule has 142 valence electrons. The van der Waals surface area contributed by atoms with Crippen LogP contribution in [0.15, 0.2) is 89.8 Å². The second-order valence-corrected chi connectivity index (χ2v) is 7.86. The maximum Gasteiger partial charge on any atom is 0.261 e. The lowest BCUT2D eigenvalue weighted by Gasteiger charge is -2.11. The number of rotatable bonds is 5. The smallest absolute Gasteiger partial charge is 0.261 e. The van der Waals surface area contributed by atoms with E-state index in [1.165, 1.54) is 12.1 Å². The van der Waals surface area contributed by atoms with Crippen molar-refractivity contribution in [2.75, 3.05) is 10.0 Å². The second-order valence-electron chi connectivity index (χ2n) is 5.77. The number of anilines is 2. The van der Waals surface area contributed by atoms with E-state index in [0.29, 0.717) is 16.9 Å². The Hall–Kier alpha value is -3.23. The first kappa shape index (κ1) is 19.5. The van der Waals surface area contributed by atoms with Crippen LogP contribution in [0.2, 0.25) is 0 Å². The van der Waals surface area contributed by atoms with E-state index in [4.69, 9.17) is 12.2 Å². The van der Waals surface area contributed by atoms with Crippen molar-refractivity contribution in [3.63, 3.8) is 0 Å². The fourth-order valence-electron chi connectivity index (χ4n) is 2.36. The van der Waals surface area contributed by atoms with Gasteiger partial charge in [0, 0.05) is 16.9 Å². The van der Waals surface area contributed by atoms with Gasteiger partial charge in [0.1, 0.15) is 0 Å². The van der Waals surface area contributed by atoms with Gasteiger partial charge in [0.05, 0.1) is 4.90 Å². The standard InChI is InChI=1S/C20H17N3O3S2/c24-19(15-7-3-1-4-8-15)22-20(27)21-16-11-13-18(14-12-16)28(25,26)23-17-9-5-2-6-10-17/h1-14,23H,(H2,21,22,24,27). The highest BCUT2D eigenvalue weighted by Crippen LogP contribution is 2.18. The molecule has 8 heteroatoms. The van der Waals surface area contributed by atoms with E-state index in [2.05, 4.69) is 15.4 Å². The molecular formula is C20H17N3O3S2. The Morgan fingerprint density at radius 3 is 1.93 bits per heavy atom. The maximum atomic E-state index is 12.4. The predicted molar refractivity (Wildman–Crippen MR) is 114 cm³/mol. The molecule has 0 saturated heterocycles. The molecule has 0 spiro atoms. The lowest BCUT2D eigenvalue weighted by atomic mass is 10.2. The van der Waals surface area contributed by atoms with Crippen LogP contribution in [0.1, 0.15) is 10.4 Å². The molecule has 0 radical (unpaired) electrons. The molecule has 0 aliphatic rings. The fraction of sp³-hybridized carbons (Fsp3) is 0. The van der Waals surface area contributed by atoms with E-state index < -0.39 is 10.0 Å². The molecule has 0 unspecified atom stereocenters. The second kappa shape index (κ2) is 8.64. The van der Waals surface area contributed by atoms with Gasteiger partial charge in [0.15, 0.2) is 5.11 Å². The van der Waals surface area contributed by atoms with Gasteiger partial charge in [-0.3, -0.25) is 14.8 Å². The molecule has 0 heterocycles. The summed E-state index contributed by atoms with van der Waals surface area (Å²) in [6.45, 7) is 0. The number of thiocarbonyl (C=S) groups is 1. The highest BCUT2D eigenvalue weighted by Gasteiger charge is 2.14. The van der Waals surface area contributed by atoms with Crippen LogP contribution in [0, 0.1) is 0 Å². The molecule has 1 amide bonds. The Labute approximate surface area is 168 Å². The summed E-state index contributed by atoms with van der Waals surface area (Å²) < 4.78 is 27.4. The number of carbonyl (C=O) groups is 1. The molecule has 3 rings (SSSR count).